The van der Waals surface area contributed by atoms with Crippen LogP contribution in [0, 0.1) is 11.3 Å². The number of carbonyl (C=O) groups excluding carboxylic acids is 1. The molecule has 0 radical (unpaired) electrons. The Morgan fingerprint density at radius 1 is 1.22 bits per heavy atom. The highest BCUT2D eigenvalue weighted by molar-refractivity contribution is 6.09. The molecule has 1 amide bonds. The zero-order chi connectivity index (χ0) is 16.2. The molecular formula is C18H13N3O2. The van der Waals surface area contributed by atoms with E-state index in [0.29, 0.717) is 5.69 Å². The van der Waals surface area contributed by atoms with Crippen molar-refractivity contribution in [3.63, 3.8) is 0 Å². The second-order valence-corrected chi connectivity index (χ2v) is 5.00. The molecule has 0 aliphatic carbocycles. The third-order valence-electron chi connectivity index (χ3n) is 3.36. The zero-order valence-electron chi connectivity index (χ0n) is 12.1. The van der Waals surface area contributed by atoms with E-state index in [9.17, 15) is 15.2 Å². The maximum atomic E-state index is 12.2. The Morgan fingerprint density at radius 3 is 2.87 bits per heavy atom. The van der Waals surface area contributed by atoms with E-state index >= 15 is 0 Å². The number of aromatic amines is 1. The number of H-pyrrole nitrogens is 1. The topological polar surface area (TPSA) is 88.9 Å². The summed E-state index contributed by atoms with van der Waals surface area (Å²) < 4.78 is 0. The van der Waals surface area contributed by atoms with E-state index in [0.717, 1.165) is 16.5 Å². The molecule has 0 bridgehead atoms. The van der Waals surface area contributed by atoms with Crippen molar-refractivity contribution >= 4 is 28.6 Å². The molecule has 5 heteroatoms. The van der Waals surface area contributed by atoms with Gasteiger partial charge in [0.15, 0.2) is 0 Å². The number of carbonyl (C=O) groups is 1. The van der Waals surface area contributed by atoms with Gasteiger partial charge in [0.05, 0.1) is 0 Å². The standard InChI is InChI=1S/C18H13N3O2/c19-11-14(18(23)21-15-2-1-3-16(22)10-15)9-12-4-5-17-13(8-12)6-7-20-17/h1-10,20,22H,(H,21,23). The summed E-state index contributed by atoms with van der Waals surface area (Å²) in [5.41, 5.74) is 2.17. The van der Waals surface area contributed by atoms with Gasteiger partial charge in [0.2, 0.25) is 0 Å². The van der Waals surface area contributed by atoms with Crippen LogP contribution in [-0.2, 0) is 4.79 Å². The molecule has 0 fully saturated rings. The van der Waals surface area contributed by atoms with Gasteiger partial charge < -0.3 is 15.4 Å². The Labute approximate surface area is 132 Å². The first kappa shape index (κ1) is 14.4. The van der Waals surface area contributed by atoms with E-state index in [1.54, 1.807) is 12.1 Å². The van der Waals surface area contributed by atoms with Crippen LogP contribution in [0.3, 0.4) is 0 Å². The van der Waals surface area contributed by atoms with E-state index in [2.05, 4.69) is 10.3 Å². The van der Waals surface area contributed by atoms with Crippen molar-refractivity contribution in [3.8, 4) is 11.8 Å². The van der Waals surface area contributed by atoms with E-state index < -0.39 is 5.91 Å². The molecule has 0 aliphatic heterocycles. The fourth-order valence-electron chi connectivity index (χ4n) is 2.26. The van der Waals surface area contributed by atoms with Gasteiger partial charge in [-0.05, 0) is 47.4 Å². The Morgan fingerprint density at radius 2 is 2.09 bits per heavy atom. The SMILES string of the molecule is N#CC(=Cc1ccc2[nH]ccc2c1)C(=O)Nc1cccc(O)c1. The molecule has 3 aromatic rings. The number of nitriles is 1. The number of aromatic hydroxyl groups is 1. The van der Waals surface area contributed by atoms with E-state index in [-0.39, 0.29) is 11.3 Å². The summed E-state index contributed by atoms with van der Waals surface area (Å²) in [5, 5.41) is 22.2. The second-order valence-electron chi connectivity index (χ2n) is 5.00. The van der Waals surface area contributed by atoms with E-state index in [1.807, 2.05) is 36.5 Å². The van der Waals surface area contributed by atoms with Crippen LogP contribution in [0.15, 0.2) is 60.3 Å². The number of rotatable bonds is 3. The van der Waals surface area contributed by atoms with Crippen LogP contribution in [0.1, 0.15) is 5.56 Å². The smallest absolute Gasteiger partial charge is 0.266 e. The van der Waals surface area contributed by atoms with E-state index in [4.69, 9.17) is 0 Å². The molecule has 0 atom stereocenters. The number of anilines is 1. The predicted molar refractivity (Wildman–Crippen MR) is 88.6 cm³/mol. The van der Waals surface area contributed by atoms with Gasteiger partial charge in [0.1, 0.15) is 17.4 Å². The monoisotopic (exact) mass is 303 g/mol. The number of phenols is 1. The first-order chi connectivity index (χ1) is 11.2. The van der Waals surface area contributed by atoms with Crippen molar-refractivity contribution in [2.24, 2.45) is 0 Å². The summed E-state index contributed by atoms with van der Waals surface area (Å²) in [6.45, 7) is 0. The highest BCUT2D eigenvalue weighted by atomic mass is 16.3. The Bertz CT molecular complexity index is 948. The average molecular weight is 303 g/mol. The van der Waals surface area contributed by atoms with Crippen molar-refractivity contribution in [2.75, 3.05) is 5.32 Å². The van der Waals surface area contributed by atoms with Gasteiger partial charge in [-0.15, -0.1) is 0 Å². The van der Waals surface area contributed by atoms with E-state index in [1.165, 1.54) is 18.2 Å². The molecule has 1 aromatic heterocycles. The average Bonchev–Trinajstić information content (AvgIpc) is 3.00. The number of benzene rings is 2. The Balaban J connectivity index is 1.86. The summed E-state index contributed by atoms with van der Waals surface area (Å²) in [5.74, 6) is -0.476. The minimum Gasteiger partial charge on any atom is -0.508 e. The molecule has 0 spiro atoms. The second kappa shape index (κ2) is 6.08. The number of nitrogens with one attached hydrogen (secondary N) is 2. The van der Waals surface area contributed by atoms with Gasteiger partial charge in [-0.3, -0.25) is 4.79 Å². The van der Waals surface area contributed by atoms with Crippen LogP contribution in [0.2, 0.25) is 0 Å². The molecule has 2 aromatic carbocycles. The van der Waals surface area contributed by atoms with Crippen LogP contribution in [-0.4, -0.2) is 16.0 Å². The quantitative estimate of drug-likeness (QED) is 0.511. The minimum atomic E-state index is -0.521. The number of fused-ring (bicyclic) bond motifs is 1. The number of hydrogen-bond acceptors (Lipinski definition) is 3. The molecule has 112 valence electrons. The van der Waals surface area contributed by atoms with Gasteiger partial charge in [0.25, 0.3) is 5.91 Å². The molecular weight excluding hydrogens is 290 g/mol. The number of phenolic OH excluding ortho intramolecular Hbond substituents is 1. The van der Waals surface area contributed by atoms with Crippen LogP contribution < -0.4 is 5.32 Å². The molecule has 23 heavy (non-hydrogen) atoms. The number of hydrogen-bond donors (Lipinski definition) is 3. The number of nitrogens with zero attached hydrogens (tertiary/aromatic N) is 1. The largest absolute Gasteiger partial charge is 0.508 e. The lowest BCUT2D eigenvalue weighted by atomic mass is 10.1. The molecule has 0 saturated heterocycles. The van der Waals surface area contributed by atoms with Crippen molar-refractivity contribution in [2.45, 2.75) is 0 Å². The maximum absolute atomic E-state index is 12.2. The predicted octanol–water partition coefficient (Wildman–Crippen LogP) is 3.42. The summed E-state index contributed by atoms with van der Waals surface area (Å²) >= 11 is 0. The van der Waals surface area contributed by atoms with Crippen molar-refractivity contribution in [3.05, 3.63) is 65.9 Å². The van der Waals surface area contributed by atoms with Gasteiger partial charge >= 0.3 is 0 Å². The van der Waals surface area contributed by atoms with Gasteiger partial charge in [-0.2, -0.15) is 5.26 Å². The van der Waals surface area contributed by atoms with Crippen LogP contribution >= 0.6 is 0 Å². The lowest BCUT2D eigenvalue weighted by molar-refractivity contribution is -0.112. The van der Waals surface area contributed by atoms with Crippen molar-refractivity contribution < 1.29 is 9.90 Å². The van der Waals surface area contributed by atoms with Crippen molar-refractivity contribution in [1.29, 1.82) is 5.26 Å². The molecule has 5 nitrogen and oxygen atoms in total. The molecule has 3 rings (SSSR count). The summed E-state index contributed by atoms with van der Waals surface area (Å²) in [7, 11) is 0. The number of aromatic nitrogens is 1. The molecule has 0 aliphatic rings. The zero-order valence-corrected chi connectivity index (χ0v) is 12.1. The van der Waals surface area contributed by atoms with Gasteiger partial charge in [0, 0.05) is 23.5 Å². The summed E-state index contributed by atoms with van der Waals surface area (Å²) in [4.78, 5) is 15.3. The fraction of sp³-hybridized carbons (Fsp3) is 0. The van der Waals surface area contributed by atoms with Crippen LogP contribution in [0.25, 0.3) is 17.0 Å². The van der Waals surface area contributed by atoms with Gasteiger partial charge in [-0.25, -0.2) is 0 Å². The Kier molecular flexibility index (Phi) is 3.81. The molecule has 3 N–H and O–H groups in total. The number of amides is 1. The van der Waals surface area contributed by atoms with Crippen LogP contribution in [0.4, 0.5) is 5.69 Å². The lowest BCUT2D eigenvalue weighted by Crippen LogP contribution is -2.13. The summed E-state index contributed by atoms with van der Waals surface area (Å²) in [6.07, 6.45) is 3.36. The molecule has 0 saturated carbocycles. The molecule has 1 heterocycles. The first-order valence-corrected chi connectivity index (χ1v) is 6.95. The minimum absolute atomic E-state index is 0.0109. The van der Waals surface area contributed by atoms with Crippen molar-refractivity contribution in [1.82, 2.24) is 4.98 Å². The highest BCUT2D eigenvalue weighted by Crippen LogP contribution is 2.18. The normalized spacial score (nSPS) is 11.2. The highest BCUT2D eigenvalue weighted by Gasteiger charge is 2.10. The Hall–Kier alpha value is -3.52. The lowest BCUT2D eigenvalue weighted by Gasteiger charge is -2.04. The van der Waals surface area contributed by atoms with Crippen LogP contribution in [0.5, 0.6) is 5.75 Å². The first-order valence-electron chi connectivity index (χ1n) is 6.95. The fourth-order valence-corrected chi connectivity index (χ4v) is 2.26. The maximum Gasteiger partial charge on any atom is 0.266 e. The third-order valence-corrected chi connectivity index (χ3v) is 3.36. The van der Waals surface area contributed by atoms with Gasteiger partial charge in [-0.1, -0.05) is 12.1 Å². The molecule has 0 unspecified atom stereocenters. The third kappa shape index (κ3) is 3.22. The summed E-state index contributed by atoms with van der Waals surface area (Å²) in [6, 6.07) is 15.6.